The first-order valence-corrected chi connectivity index (χ1v) is 6.97. The molecule has 0 amide bonds. The Labute approximate surface area is 126 Å². The number of benzene rings is 1. The normalized spacial score (nSPS) is 10.2. The number of pyridine rings is 1. The minimum absolute atomic E-state index is 0.407. The second-order valence-electron chi connectivity index (χ2n) is 4.24. The van der Waals surface area contributed by atoms with Gasteiger partial charge in [0.25, 0.3) is 0 Å². The van der Waals surface area contributed by atoms with Crippen molar-refractivity contribution < 1.29 is 0 Å². The molecule has 0 aliphatic rings. The van der Waals surface area contributed by atoms with Crippen LogP contribution in [0.5, 0.6) is 0 Å². The van der Waals surface area contributed by atoms with Crippen molar-refractivity contribution in [2.24, 2.45) is 5.73 Å². The summed E-state index contributed by atoms with van der Waals surface area (Å²) in [5.74, 6) is 0. The predicted octanol–water partition coefficient (Wildman–Crippen LogP) is 3.11. The fraction of sp³-hybridized carbons (Fsp3) is 0.143. The van der Waals surface area contributed by atoms with Crippen molar-refractivity contribution in [2.45, 2.75) is 6.54 Å². The molecule has 0 radical (unpaired) electrons. The first-order valence-electron chi connectivity index (χ1n) is 5.77. The van der Waals surface area contributed by atoms with Crippen molar-refractivity contribution in [1.82, 2.24) is 4.98 Å². The van der Waals surface area contributed by atoms with E-state index in [2.05, 4.69) is 25.8 Å². The van der Waals surface area contributed by atoms with E-state index in [1.807, 2.05) is 37.4 Å². The highest BCUT2D eigenvalue weighted by Crippen LogP contribution is 2.27. The van der Waals surface area contributed by atoms with Crippen LogP contribution in [0.1, 0.15) is 11.1 Å². The van der Waals surface area contributed by atoms with Gasteiger partial charge in [0.2, 0.25) is 0 Å². The maximum atomic E-state index is 5.62. The predicted molar refractivity (Wildman–Crippen MR) is 86.4 cm³/mol. The number of rotatable bonds is 4. The van der Waals surface area contributed by atoms with E-state index in [9.17, 15) is 0 Å². The van der Waals surface area contributed by atoms with Crippen LogP contribution in [0.2, 0.25) is 0 Å². The molecule has 0 saturated heterocycles. The van der Waals surface area contributed by atoms with Gasteiger partial charge in [-0.2, -0.15) is 0 Å². The highest BCUT2D eigenvalue weighted by Gasteiger charge is 2.08. The maximum Gasteiger partial charge on any atom is 0.104 e. The summed E-state index contributed by atoms with van der Waals surface area (Å²) in [5.41, 5.74) is 8.79. The molecule has 98 valence electrons. The summed E-state index contributed by atoms with van der Waals surface area (Å²) in [7, 11) is 2.04. The van der Waals surface area contributed by atoms with Crippen molar-refractivity contribution in [2.75, 3.05) is 11.9 Å². The molecule has 19 heavy (non-hydrogen) atoms. The average molecular weight is 336 g/mol. The number of nitrogens with two attached hydrogens (primary N) is 1. The first kappa shape index (κ1) is 14.0. The lowest BCUT2D eigenvalue weighted by Gasteiger charge is -2.21. The number of hydrogen-bond donors (Lipinski definition) is 1. The van der Waals surface area contributed by atoms with E-state index in [1.54, 1.807) is 12.4 Å². The van der Waals surface area contributed by atoms with E-state index in [1.165, 1.54) is 5.56 Å². The minimum atomic E-state index is 0.407. The maximum absolute atomic E-state index is 5.62. The van der Waals surface area contributed by atoms with Crippen LogP contribution in [0.15, 0.2) is 47.2 Å². The van der Waals surface area contributed by atoms with Crippen LogP contribution < -0.4 is 10.6 Å². The Bertz CT molecular complexity index is 586. The summed E-state index contributed by atoms with van der Waals surface area (Å²) in [6.45, 7) is 0.813. The molecule has 0 aliphatic heterocycles. The Morgan fingerprint density at radius 2 is 2.00 bits per heavy atom. The molecule has 1 aromatic carbocycles. The summed E-state index contributed by atoms with van der Waals surface area (Å²) in [6, 6.07) is 9.91. The van der Waals surface area contributed by atoms with E-state index < -0.39 is 0 Å². The van der Waals surface area contributed by atoms with Crippen molar-refractivity contribution in [3.05, 3.63) is 58.3 Å². The highest BCUT2D eigenvalue weighted by molar-refractivity contribution is 9.10. The number of thiocarbonyl (C=S) groups is 1. The van der Waals surface area contributed by atoms with Gasteiger partial charge in [-0.3, -0.25) is 4.98 Å². The quantitative estimate of drug-likeness (QED) is 0.871. The van der Waals surface area contributed by atoms with Crippen LogP contribution in [0.3, 0.4) is 0 Å². The molecular weight excluding hydrogens is 322 g/mol. The van der Waals surface area contributed by atoms with E-state index in [0.717, 1.165) is 22.3 Å². The topological polar surface area (TPSA) is 42.2 Å². The average Bonchev–Trinajstić information content (AvgIpc) is 2.39. The van der Waals surface area contributed by atoms with E-state index >= 15 is 0 Å². The number of aromatic nitrogens is 1. The molecule has 0 fully saturated rings. The molecule has 0 saturated carbocycles. The third-order valence-corrected chi connectivity index (χ3v) is 3.68. The molecule has 1 aromatic heterocycles. The molecule has 0 atom stereocenters. The largest absolute Gasteiger partial charge is 0.389 e. The van der Waals surface area contributed by atoms with Gasteiger partial charge in [-0.15, -0.1) is 0 Å². The summed E-state index contributed by atoms with van der Waals surface area (Å²) < 4.78 is 0.981. The van der Waals surface area contributed by atoms with Crippen molar-refractivity contribution in [1.29, 1.82) is 0 Å². The monoisotopic (exact) mass is 335 g/mol. The minimum Gasteiger partial charge on any atom is -0.389 e. The van der Waals surface area contributed by atoms with Crippen LogP contribution in [-0.4, -0.2) is 17.0 Å². The lowest BCUT2D eigenvalue weighted by atomic mass is 10.2. The fourth-order valence-corrected chi connectivity index (χ4v) is 2.63. The number of nitrogens with zero attached hydrogens (tertiary/aromatic N) is 2. The molecule has 0 spiro atoms. The molecule has 2 rings (SSSR count). The Morgan fingerprint density at radius 1 is 1.32 bits per heavy atom. The molecule has 5 heteroatoms. The molecule has 0 bridgehead atoms. The molecule has 3 nitrogen and oxygen atoms in total. The van der Waals surface area contributed by atoms with Crippen molar-refractivity contribution in [3.63, 3.8) is 0 Å². The first-order chi connectivity index (χ1) is 9.08. The van der Waals surface area contributed by atoms with Gasteiger partial charge in [0.1, 0.15) is 4.99 Å². The van der Waals surface area contributed by atoms with E-state index in [-0.39, 0.29) is 0 Å². The molecule has 2 aromatic rings. The second-order valence-corrected chi connectivity index (χ2v) is 5.54. The smallest absolute Gasteiger partial charge is 0.104 e. The SMILES string of the molecule is CN(Cc1ccncc1)c1ccc(C(N)=S)cc1Br. The lowest BCUT2D eigenvalue weighted by molar-refractivity contribution is 0.916. The zero-order chi connectivity index (χ0) is 13.8. The van der Waals surface area contributed by atoms with Gasteiger partial charge in [0, 0.05) is 36.0 Å². The summed E-state index contributed by atoms with van der Waals surface area (Å²) in [4.78, 5) is 6.58. The molecule has 1 heterocycles. The van der Waals surface area contributed by atoms with Crippen LogP contribution in [0, 0.1) is 0 Å². The van der Waals surface area contributed by atoms with Crippen molar-refractivity contribution >= 4 is 38.8 Å². The van der Waals surface area contributed by atoms with Gasteiger partial charge in [-0.25, -0.2) is 0 Å². The standard InChI is InChI=1S/C14H14BrN3S/c1-18(9-10-4-6-17-7-5-10)13-3-2-11(14(16)19)8-12(13)15/h2-8H,9H2,1H3,(H2,16,19). The van der Waals surface area contributed by atoms with E-state index in [4.69, 9.17) is 18.0 Å². The third-order valence-electron chi connectivity index (χ3n) is 2.81. The van der Waals surface area contributed by atoms with Gasteiger partial charge >= 0.3 is 0 Å². The highest BCUT2D eigenvalue weighted by atomic mass is 79.9. The number of halogens is 1. The zero-order valence-electron chi connectivity index (χ0n) is 10.5. The number of hydrogen-bond acceptors (Lipinski definition) is 3. The van der Waals surface area contributed by atoms with Gasteiger partial charge < -0.3 is 10.6 Å². The third kappa shape index (κ3) is 3.52. The molecule has 0 unspecified atom stereocenters. The van der Waals surface area contributed by atoms with E-state index in [0.29, 0.717) is 4.99 Å². The Kier molecular flexibility index (Phi) is 4.50. The van der Waals surface area contributed by atoms with Crippen LogP contribution in [-0.2, 0) is 6.54 Å². The summed E-state index contributed by atoms with van der Waals surface area (Å²) >= 11 is 8.53. The Balaban J connectivity index is 2.20. The van der Waals surface area contributed by atoms with Gasteiger partial charge in [0.15, 0.2) is 0 Å². The zero-order valence-corrected chi connectivity index (χ0v) is 12.9. The Morgan fingerprint density at radius 3 is 2.58 bits per heavy atom. The second kappa shape index (κ2) is 6.12. The Hall–Kier alpha value is -1.46. The summed E-state index contributed by atoms with van der Waals surface area (Å²) in [6.07, 6.45) is 3.60. The molecule has 2 N–H and O–H groups in total. The molecular formula is C14H14BrN3S. The van der Waals surface area contributed by atoms with Gasteiger partial charge in [-0.05, 0) is 51.8 Å². The lowest BCUT2D eigenvalue weighted by Crippen LogP contribution is -2.17. The van der Waals surface area contributed by atoms with Crippen LogP contribution >= 0.6 is 28.1 Å². The van der Waals surface area contributed by atoms with Crippen molar-refractivity contribution in [3.8, 4) is 0 Å². The van der Waals surface area contributed by atoms with Crippen LogP contribution in [0.25, 0.3) is 0 Å². The van der Waals surface area contributed by atoms with Crippen LogP contribution in [0.4, 0.5) is 5.69 Å². The molecule has 0 aliphatic carbocycles. The fourth-order valence-electron chi connectivity index (χ4n) is 1.82. The summed E-state index contributed by atoms with van der Waals surface area (Å²) in [5, 5.41) is 0. The van der Waals surface area contributed by atoms with Gasteiger partial charge in [0.05, 0.1) is 5.69 Å². The van der Waals surface area contributed by atoms with Gasteiger partial charge in [-0.1, -0.05) is 12.2 Å². The number of anilines is 1.